The van der Waals surface area contributed by atoms with Crippen LogP contribution in [-0.4, -0.2) is 19.8 Å². The second-order valence-corrected chi connectivity index (χ2v) is 4.09. The molecule has 0 aliphatic heterocycles. The van der Waals surface area contributed by atoms with Crippen LogP contribution in [0.5, 0.6) is 5.75 Å². The van der Waals surface area contributed by atoms with Crippen LogP contribution in [0.2, 0.25) is 0 Å². The average molecular weight is 186 g/mol. The Balaban J connectivity index is 2.91. The first-order valence-electron chi connectivity index (χ1n) is 3.16. The normalized spacial score (nSPS) is 11.1. The third-order valence-electron chi connectivity index (χ3n) is 1.09. The Morgan fingerprint density at radius 2 is 2.25 bits per heavy atom. The summed E-state index contributed by atoms with van der Waals surface area (Å²) in [6.07, 6.45) is 1.04. The Labute approximate surface area is 70.9 Å². The molecule has 1 aromatic rings. The number of hydrogen-bond acceptors (Lipinski definition) is 3. The molecule has 1 rings (SSSR count). The van der Waals surface area contributed by atoms with E-state index in [9.17, 15) is 8.42 Å². The molecule has 0 heterocycles. The van der Waals surface area contributed by atoms with Gasteiger partial charge in [0.15, 0.2) is 0 Å². The molecule has 4 nitrogen and oxygen atoms in total. The van der Waals surface area contributed by atoms with E-state index in [0.29, 0.717) is 5.69 Å². The van der Waals surface area contributed by atoms with Gasteiger partial charge >= 0.3 is 0 Å². The van der Waals surface area contributed by atoms with Gasteiger partial charge in [-0.25, -0.2) is 8.42 Å². The molecule has 0 aliphatic carbocycles. The Bertz CT molecular complexity index is 372. The van der Waals surface area contributed by atoms with E-state index < -0.39 is 10.0 Å². The molecular formula is C7H8NO3S. The van der Waals surface area contributed by atoms with E-state index in [2.05, 4.69) is 10.8 Å². The summed E-state index contributed by atoms with van der Waals surface area (Å²) < 4.78 is 23.6. The molecular weight excluding hydrogens is 178 g/mol. The molecule has 0 saturated heterocycles. The van der Waals surface area contributed by atoms with Crippen LogP contribution in [0.1, 0.15) is 0 Å². The van der Waals surface area contributed by atoms with Gasteiger partial charge in [-0.05, 0) is 12.1 Å². The number of aromatic hydroxyl groups is 1. The number of benzene rings is 1. The highest BCUT2D eigenvalue weighted by atomic mass is 32.2. The molecule has 65 valence electrons. The predicted molar refractivity (Wildman–Crippen MR) is 45.4 cm³/mol. The first kappa shape index (κ1) is 8.86. The molecule has 0 amide bonds. The molecule has 1 aromatic carbocycles. The number of phenols is 1. The fourth-order valence-electron chi connectivity index (χ4n) is 0.731. The maximum atomic E-state index is 10.7. The first-order chi connectivity index (χ1) is 5.47. The summed E-state index contributed by atoms with van der Waals surface area (Å²) in [6, 6.07) is 6.69. The number of hydrogen-bond donors (Lipinski definition) is 2. The van der Waals surface area contributed by atoms with E-state index in [0.717, 1.165) is 6.26 Å². The van der Waals surface area contributed by atoms with E-state index in [-0.39, 0.29) is 5.75 Å². The van der Waals surface area contributed by atoms with Crippen molar-refractivity contribution in [2.45, 2.75) is 0 Å². The molecule has 0 aromatic heterocycles. The summed E-state index contributed by atoms with van der Waals surface area (Å²) in [6.45, 7) is 0. The molecule has 0 aliphatic rings. The zero-order valence-electron chi connectivity index (χ0n) is 6.40. The summed E-state index contributed by atoms with van der Waals surface area (Å²) in [5, 5.41) is 8.92. The molecule has 0 fully saturated rings. The minimum atomic E-state index is -3.27. The van der Waals surface area contributed by atoms with Crippen molar-refractivity contribution in [1.82, 2.24) is 0 Å². The van der Waals surface area contributed by atoms with Crippen LogP contribution in [0.25, 0.3) is 0 Å². The third kappa shape index (κ3) is 2.79. The van der Waals surface area contributed by atoms with E-state index in [4.69, 9.17) is 5.11 Å². The highest BCUT2D eigenvalue weighted by Crippen LogP contribution is 2.15. The standard InChI is InChI=1S/C7H8NO3S/c1-12(10,11)8-6-3-2-4-7(9)5-6/h2-3,5,8-9H,1H3. The summed E-state index contributed by atoms with van der Waals surface area (Å²) in [5.41, 5.74) is 0.328. The summed E-state index contributed by atoms with van der Waals surface area (Å²) in [7, 11) is -3.27. The van der Waals surface area contributed by atoms with Crippen molar-refractivity contribution in [3.63, 3.8) is 0 Å². The Morgan fingerprint density at radius 3 is 2.75 bits per heavy atom. The van der Waals surface area contributed by atoms with Gasteiger partial charge in [-0.1, -0.05) is 0 Å². The van der Waals surface area contributed by atoms with Gasteiger partial charge in [0.2, 0.25) is 10.0 Å². The molecule has 5 heteroatoms. The zero-order chi connectivity index (χ0) is 9.19. The fourth-order valence-corrected chi connectivity index (χ4v) is 1.29. The molecule has 1 radical (unpaired) electrons. The highest BCUT2D eigenvalue weighted by molar-refractivity contribution is 7.92. The van der Waals surface area contributed by atoms with Crippen molar-refractivity contribution in [2.24, 2.45) is 0 Å². The van der Waals surface area contributed by atoms with Gasteiger partial charge in [0.25, 0.3) is 0 Å². The minimum Gasteiger partial charge on any atom is -0.507 e. The third-order valence-corrected chi connectivity index (χ3v) is 1.70. The largest absolute Gasteiger partial charge is 0.507 e. The van der Waals surface area contributed by atoms with Crippen LogP contribution in [0.3, 0.4) is 0 Å². The number of nitrogens with one attached hydrogen (secondary N) is 1. The van der Waals surface area contributed by atoms with Crippen LogP contribution in [0, 0.1) is 6.07 Å². The lowest BCUT2D eigenvalue weighted by Crippen LogP contribution is -2.09. The highest BCUT2D eigenvalue weighted by Gasteiger charge is 2.01. The van der Waals surface area contributed by atoms with Crippen molar-refractivity contribution >= 4 is 15.7 Å². The van der Waals surface area contributed by atoms with Crippen molar-refractivity contribution in [3.05, 3.63) is 24.3 Å². The lowest BCUT2D eigenvalue weighted by atomic mass is 10.3. The van der Waals surface area contributed by atoms with E-state index >= 15 is 0 Å². The van der Waals surface area contributed by atoms with Gasteiger partial charge in [-0.2, -0.15) is 0 Å². The van der Waals surface area contributed by atoms with Crippen LogP contribution in [-0.2, 0) is 10.0 Å². The summed E-state index contributed by atoms with van der Waals surface area (Å²) >= 11 is 0. The fraction of sp³-hybridized carbons (Fsp3) is 0.143. The van der Waals surface area contributed by atoms with E-state index in [1.807, 2.05) is 0 Å². The van der Waals surface area contributed by atoms with Gasteiger partial charge in [0.1, 0.15) is 5.75 Å². The predicted octanol–water partition coefficient (Wildman–Crippen LogP) is 0.564. The Kier molecular flexibility index (Phi) is 2.23. The lowest BCUT2D eigenvalue weighted by molar-refractivity contribution is 0.474. The second kappa shape index (κ2) is 3.02. The van der Waals surface area contributed by atoms with Gasteiger partial charge in [0.05, 0.1) is 11.9 Å². The number of phenolic OH excluding ortho intramolecular Hbond substituents is 1. The topological polar surface area (TPSA) is 66.4 Å². The summed E-state index contributed by atoms with van der Waals surface area (Å²) in [4.78, 5) is 0. The Morgan fingerprint density at radius 1 is 1.58 bits per heavy atom. The van der Waals surface area contributed by atoms with Crippen LogP contribution in [0.15, 0.2) is 18.2 Å². The quantitative estimate of drug-likeness (QED) is 0.709. The monoisotopic (exact) mass is 186 g/mol. The van der Waals surface area contributed by atoms with Crippen molar-refractivity contribution < 1.29 is 13.5 Å². The maximum absolute atomic E-state index is 10.7. The Hall–Kier alpha value is -1.23. The first-order valence-corrected chi connectivity index (χ1v) is 5.05. The van der Waals surface area contributed by atoms with Crippen LogP contribution in [0.4, 0.5) is 5.69 Å². The van der Waals surface area contributed by atoms with Gasteiger partial charge in [-0.3, -0.25) is 4.72 Å². The number of rotatable bonds is 2. The van der Waals surface area contributed by atoms with Crippen molar-refractivity contribution in [1.29, 1.82) is 0 Å². The number of sulfonamides is 1. The average Bonchev–Trinajstić information content (AvgIpc) is 1.82. The molecule has 0 saturated carbocycles. The number of anilines is 1. The molecule has 0 bridgehead atoms. The minimum absolute atomic E-state index is 0.0938. The lowest BCUT2D eigenvalue weighted by Gasteiger charge is -2.02. The molecule has 0 atom stereocenters. The summed E-state index contributed by atoms with van der Waals surface area (Å²) in [5.74, 6) is -0.0938. The molecule has 0 spiro atoms. The van der Waals surface area contributed by atoms with Crippen LogP contribution >= 0.6 is 0 Å². The second-order valence-electron chi connectivity index (χ2n) is 2.34. The van der Waals surface area contributed by atoms with Crippen molar-refractivity contribution in [3.8, 4) is 5.75 Å². The molecule has 2 N–H and O–H groups in total. The molecule has 12 heavy (non-hydrogen) atoms. The van der Waals surface area contributed by atoms with Crippen molar-refractivity contribution in [2.75, 3.05) is 11.0 Å². The van der Waals surface area contributed by atoms with E-state index in [1.54, 1.807) is 0 Å². The van der Waals surface area contributed by atoms with Crippen LogP contribution < -0.4 is 4.72 Å². The van der Waals surface area contributed by atoms with Gasteiger partial charge in [-0.15, -0.1) is 0 Å². The smallest absolute Gasteiger partial charge is 0.229 e. The van der Waals surface area contributed by atoms with Gasteiger partial charge < -0.3 is 5.11 Å². The van der Waals surface area contributed by atoms with E-state index in [1.165, 1.54) is 18.2 Å². The van der Waals surface area contributed by atoms with Gasteiger partial charge in [0, 0.05) is 12.1 Å². The zero-order valence-corrected chi connectivity index (χ0v) is 7.22. The molecule has 0 unspecified atom stereocenters. The SMILES string of the molecule is CS(=O)(=O)Nc1cc[c]c(O)c1. The maximum Gasteiger partial charge on any atom is 0.229 e.